The standard InChI is InChI=1S/C14H11N3O2/c1-9-6-13(17-19-9)16-14(18)11-7-10-4-2-3-5-12(10)15-8-11/h2-8H,1H3,(H,16,17,18). The Kier molecular flexibility index (Phi) is 2.72. The number of aromatic nitrogens is 2. The van der Waals surface area contributed by atoms with Gasteiger partial charge in [0.05, 0.1) is 11.1 Å². The van der Waals surface area contributed by atoms with E-state index in [9.17, 15) is 4.79 Å². The molecule has 0 bridgehead atoms. The highest BCUT2D eigenvalue weighted by Gasteiger charge is 2.09. The number of hydrogen-bond donors (Lipinski definition) is 1. The molecule has 19 heavy (non-hydrogen) atoms. The summed E-state index contributed by atoms with van der Waals surface area (Å²) >= 11 is 0. The van der Waals surface area contributed by atoms with Crippen LogP contribution in [0.25, 0.3) is 10.9 Å². The van der Waals surface area contributed by atoms with Crippen LogP contribution in [0.15, 0.2) is 47.1 Å². The van der Waals surface area contributed by atoms with Crippen LogP contribution in [-0.2, 0) is 0 Å². The van der Waals surface area contributed by atoms with E-state index in [2.05, 4.69) is 15.5 Å². The third-order valence-corrected chi connectivity index (χ3v) is 2.72. The largest absolute Gasteiger partial charge is 0.360 e. The Hall–Kier alpha value is -2.69. The Bertz CT molecular complexity index is 749. The molecule has 1 N–H and O–H groups in total. The van der Waals surface area contributed by atoms with Gasteiger partial charge in [-0.2, -0.15) is 0 Å². The molecule has 0 saturated carbocycles. The molecule has 0 atom stereocenters. The van der Waals surface area contributed by atoms with E-state index < -0.39 is 0 Å². The van der Waals surface area contributed by atoms with Crippen LogP contribution in [-0.4, -0.2) is 16.0 Å². The number of carbonyl (C=O) groups is 1. The maximum atomic E-state index is 12.0. The van der Waals surface area contributed by atoms with Crippen molar-refractivity contribution in [2.45, 2.75) is 6.92 Å². The van der Waals surface area contributed by atoms with E-state index in [1.807, 2.05) is 24.3 Å². The van der Waals surface area contributed by atoms with E-state index in [-0.39, 0.29) is 5.91 Å². The molecule has 2 heterocycles. The van der Waals surface area contributed by atoms with E-state index in [1.54, 1.807) is 25.3 Å². The number of benzene rings is 1. The lowest BCUT2D eigenvalue weighted by Gasteiger charge is -2.02. The van der Waals surface area contributed by atoms with Gasteiger partial charge >= 0.3 is 0 Å². The second kappa shape index (κ2) is 4.53. The molecule has 0 aliphatic rings. The maximum Gasteiger partial charge on any atom is 0.258 e. The van der Waals surface area contributed by atoms with Crippen molar-refractivity contribution < 1.29 is 9.32 Å². The average Bonchev–Trinajstić information content (AvgIpc) is 2.83. The molecule has 1 amide bonds. The number of nitrogens with zero attached hydrogens (tertiary/aromatic N) is 2. The zero-order valence-electron chi connectivity index (χ0n) is 10.3. The van der Waals surface area contributed by atoms with Crippen LogP contribution in [0.4, 0.5) is 5.82 Å². The lowest BCUT2D eigenvalue weighted by Crippen LogP contribution is -2.12. The summed E-state index contributed by atoms with van der Waals surface area (Å²) in [6.07, 6.45) is 1.55. The third kappa shape index (κ3) is 2.30. The zero-order valence-corrected chi connectivity index (χ0v) is 10.3. The highest BCUT2D eigenvalue weighted by atomic mass is 16.5. The number of rotatable bonds is 2. The van der Waals surface area contributed by atoms with E-state index in [0.717, 1.165) is 10.9 Å². The fraction of sp³-hybridized carbons (Fsp3) is 0.0714. The van der Waals surface area contributed by atoms with Gasteiger partial charge in [-0.15, -0.1) is 0 Å². The molecule has 0 fully saturated rings. The van der Waals surface area contributed by atoms with Gasteiger partial charge in [0, 0.05) is 17.6 Å². The molecule has 0 spiro atoms. The van der Waals surface area contributed by atoms with Crippen LogP contribution in [0.2, 0.25) is 0 Å². The second-order valence-electron chi connectivity index (χ2n) is 4.19. The number of hydrogen-bond acceptors (Lipinski definition) is 4. The first kappa shape index (κ1) is 11.4. The molecule has 0 aliphatic heterocycles. The SMILES string of the molecule is Cc1cc(NC(=O)c2cnc3ccccc3c2)no1. The van der Waals surface area contributed by atoms with Gasteiger partial charge in [0.2, 0.25) is 0 Å². The summed E-state index contributed by atoms with van der Waals surface area (Å²) < 4.78 is 4.89. The summed E-state index contributed by atoms with van der Waals surface area (Å²) in [7, 11) is 0. The second-order valence-corrected chi connectivity index (χ2v) is 4.19. The van der Waals surface area contributed by atoms with Crippen molar-refractivity contribution in [3.05, 3.63) is 53.9 Å². The van der Waals surface area contributed by atoms with Crippen LogP contribution in [0, 0.1) is 6.92 Å². The number of para-hydroxylation sites is 1. The average molecular weight is 253 g/mol. The first-order valence-electron chi connectivity index (χ1n) is 5.82. The predicted octanol–water partition coefficient (Wildman–Crippen LogP) is 2.78. The Morgan fingerprint density at radius 2 is 2.11 bits per heavy atom. The fourth-order valence-electron chi connectivity index (χ4n) is 1.81. The molecular formula is C14H11N3O2. The van der Waals surface area contributed by atoms with Gasteiger partial charge in [-0.25, -0.2) is 0 Å². The summed E-state index contributed by atoms with van der Waals surface area (Å²) in [4.78, 5) is 16.3. The van der Waals surface area contributed by atoms with E-state index in [0.29, 0.717) is 17.1 Å². The van der Waals surface area contributed by atoms with Gasteiger partial charge in [0.1, 0.15) is 5.76 Å². The molecule has 94 valence electrons. The quantitative estimate of drug-likeness (QED) is 0.762. The molecule has 5 nitrogen and oxygen atoms in total. The summed E-state index contributed by atoms with van der Waals surface area (Å²) in [6.45, 7) is 1.76. The van der Waals surface area contributed by atoms with Gasteiger partial charge in [-0.3, -0.25) is 9.78 Å². The molecule has 0 unspecified atom stereocenters. The molecule has 0 saturated heterocycles. The van der Waals surface area contributed by atoms with Crippen molar-refractivity contribution >= 4 is 22.6 Å². The number of nitrogens with one attached hydrogen (secondary N) is 1. The Labute approximate surface area is 109 Å². The van der Waals surface area contributed by atoms with Gasteiger partial charge in [0.15, 0.2) is 5.82 Å². The molecule has 5 heteroatoms. The third-order valence-electron chi connectivity index (χ3n) is 2.72. The van der Waals surface area contributed by atoms with E-state index in [4.69, 9.17) is 4.52 Å². The minimum atomic E-state index is -0.258. The minimum Gasteiger partial charge on any atom is -0.360 e. The first-order valence-corrected chi connectivity index (χ1v) is 5.82. The number of aryl methyl sites for hydroxylation is 1. The number of fused-ring (bicyclic) bond motifs is 1. The normalized spacial score (nSPS) is 10.6. The number of carbonyl (C=O) groups excluding carboxylic acids is 1. The van der Waals surface area contributed by atoms with E-state index in [1.165, 1.54) is 0 Å². The summed E-state index contributed by atoms with van der Waals surface area (Å²) in [5.74, 6) is 0.786. The highest BCUT2D eigenvalue weighted by Crippen LogP contribution is 2.14. The van der Waals surface area contributed by atoms with Crippen LogP contribution >= 0.6 is 0 Å². The van der Waals surface area contributed by atoms with Crippen molar-refractivity contribution in [3.63, 3.8) is 0 Å². The smallest absolute Gasteiger partial charge is 0.258 e. The fourth-order valence-corrected chi connectivity index (χ4v) is 1.81. The van der Waals surface area contributed by atoms with Crippen molar-refractivity contribution in [1.82, 2.24) is 10.1 Å². The molecular weight excluding hydrogens is 242 g/mol. The van der Waals surface area contributed by atoms with Gasteiger partial charge < -0.3 is 9.84 Å². The van der Waals surface area contributed by atoms with Crippen molar-refractivity contribution in [3.8, 4) is 0 Å². The van der Waals surface area contributed by atoms with Crippen molar-refractivity contribution in [2.75, 3.05) is 5.32 Å². The Morgan fingerprint density at radius 1 is 1.26 bits per heavy atom. The van der Waals surface area contributed by atoms with Crippen LogP contribution in [0.1, 0.15) is 16.1 Å². The molecule has 1 aromatic carbocycles. The molecule has 2 aromatic heterocycles. The van der Waals surface area contributed by atoms with Gasteiger partial charge in [-0.1, -0.05) is 23.4 Å². The van der Waals surface area contributed by atoms with E-state index >= 15 is 0 Å². The number of anilines is 1. The number of pyridine rings is 1. The zero-order chi connectivity index (χ0) is 13.2. The van der Waals surface area contributed by atoms with Gasteiger partial charge in [0.25, 0.3) is 5.91 Å². The lowest BCUT2D eigenvalue weighted by molar-refractivity contribution is 0.102. The molecule has 3 rings (SSSR count). The van der Waals surface area contributed by atoms with Crippen molar-refractivity contribution in [2.24, 2.45) is 0 Å². The van der Waals surface area contributed by atoms with Crippen LogP contribution in [0.5, 0.6) is 0 Å². The van der Waals surface area contributed by atoms with Crippen LogP contribution in [0.3, 0.4) is 0 Å². The predicted molar refractivity (Wildman–Crippen MR) is 70.9 cm³/mol. The Morgan fingerprint density at radius 3 is 2.89 bits per heavy atom. The first-order chi connectivity index (χ1) is 9.22. The van der Waals surface area contributed by atoms with Gasteiger partial charge in [-0.05, 0) is 19.1 Å². The monoisotopic (exact) mass is 253 g/mol. The lowest BCUT2D eigenvalue weighted by atomic mass is 10.1. The molecule has 0 aliphatic carbocycles. The molecule has 3 aromatic rings. The topological polar surface area (TPSA) is 68.0 Å². The molecule has 0 radical (unpaired) electrons. The highest BCUT2D eigenvalue weighted by molar-refractivity contribution is 6.05. The Balaban J connectivity index is 1.89. The van der Waals surface area contributed by atoms with Crippen molar-refractivity contribution in [1.29, 1.82) is 0 Å². The number of amides is 1. The maximum absolute atomic E-state index is 12.0. The summed E-state index contributed by atoms with van der Waals surface area (Å²) in [6, 6.07) is 11.1. The minimum absolute atomic E-state index is 0.258. The summed E-state index contributed by atoms with van der Waals surface area (Å²) in [5, 5.41) is 7.30. The summed E-state index contributed by atoms with van der Waals surface area (Å²) in [5.41, 5.74) is 1.34. The van der Waals surface area contributed by atoms with Crippen LogP contribution < -0.4 is 5.32 Å².